The average molecular weight is 309 g/mol. The van der Waals surface area contributed by atoms with Gasteiger partial charge in [-0.05, 0) is 24.3 Å². The molecule has 3 rings (SSSR count). The van der Waals surface area contributed by atoms with Crippen LogP contribution in [0.2, 0.25) is 0 Å². The average Bonchev–Trinajstić information content (AvgIpc) is 3.09. The van der Waals surface area contributed by atoms with Crippen LogP contribution in [0.5, 0.6) is 0 Å². The van der Waals surface area contributed by atoms with Crippen molar-refractivity contribution in [2.24, 2.45) is 0 Å². The molecule has 0 bridgehead atoms. The fraction of sp³-hybridized carbons (Fsp3) is 0.118. The molecular weight excluding hydrogens is 294 g/mol. The maximum Gasteiger partial charge on any atom is 0.286 e. The normalized spacial score (nSPS) is 10.4. The molecule has 0 unspecified atom stereocenters. The van der Waals surface area contributed by atoms with Gasteiger partial charge in [-0.25, -0.2) is 0 Å². The van der Waals surface area contributed by atoms with Crippen molar-refractivity contribution in [2.75, 3.05) is 11.9 Å². The summed E-state index contributed by atoms with van der Waals surface area (Å²) < 4.78 is 4.97. The number of nitrogens with zero attached hydrogens (tertiary/aromatic N) is 1. The minimum Gasteiger partial charge on any atom is -0.459 e. The van der Waals surface area contributed by atoms with Crippen molar-refractivity contribution in [1.29, 1.82) is 0 Å². The molecular formula is C17H15N3O3. The molecule has 2 aromatic heterocycles. The van der Waals surface area contributed by atoms with Gasteiger partial charge in [0.05, 0.1) is 23.7 Å². The van der Waals surface area contributed by atoms with Crippen LogP contribution in [0.1, 0.15) is 17.0 Å². The van der Waals surface area contributed by atoms with Gasteiger partial charge in [-0.3, -0.25) is 14.6 Å². The number of aromatic nitrogens is 1. The summed E-state index contributed by atoms with van der Waals surface area (Å²) in [6, 6.07) is 12.7. The fourth-order valence-corrected chi connectivity index (χ4v) is 2.15. The summed E-state index contributed by atoms with van der Waals surface area (Å²) in [6.45, 7) is 0.229. The molecule has 2 N–H and O–H groups in total. The maximum atomic E-state index is 11.9. The van der Waals surface area contributed by atoms with Gasteiger partial charge in [0.15, 0.2) is 5.76 Å². The summed E-state index contributed by atoms with van der Waals surface area (Å²) in [6.07, 6.45) is 3.20. The summed E-state index contributed by atoms with van der Waals surface area (Å²) >= 11 is 0. The van der Waals surface area contributed by atoms with Gasteiger partial charge in [0.25, 0.3) is 5.91 Å². The molecule has 0 atom stereocenters. The van der Waals surface area contributed by atoms with Crippen LogP contribution < -0.4 is 10.6 Å². The molecule has 0 radical (unpaired) electrons. The highest BCUT2D eigenvalue weighted by molar-refractivity contribution is 5.94. The monoisotopic (exact) mass is 309 g/mol. The molecule has 6 nitrogen and oxygen atoms in total. The predicted molar refractivity (Wildman–Crippen MR) is 86.0 cm³/mol. The van der Waals surface area contributed by atoms with E-state index in [0.717, 1.165) is 10.9 Å². The van der Waals surface area contributed by atoms with E-state index in [1.165, 1.54) is 6.26 Å². The molecule has 0 spiro atoms. The number of hydrogen-bond donors (Lipinski definition) is 2. The summed E-state index contributed by atoms with van der Waals surface area (Å²) in [5.41, 5.74) is 1.50. The Kier molecular flexibility index (Phi) is 4.33. The second-order valence-corrected chi connectivity index (χ2v) is 4.95. The Morgan fingerprint density at radius 1 is 1.13 bits per heavy atom. The van der Waals surface area contributed by atoms with Crippen molar-refractivity contribution in [3.63, 3.8) is 0 Å². The number of fused-ring (bicyclic) bond motifs is 1. The second kappa shape index (κ2) is 6.74. The first-order chi connectivity index (χ1) is 11.2. The highest BCUT2D eigenvalue weighted by atomic mass is 16.3. The Labute approximate surface area is 132 Å². The molecule has 2 amide bonds. The van der Waals surface area contributed by atoms with Crippen molar-refractivity contribution < 1.29 is 14.0 Å². The number of para-hydroxylation sites is 1. The van der Waals surface area contributed by atoms with E-state index in [-0.39, 0.29) is 30.5 Å². The van der Waals surface area contributed by atoms with Crippen molar-refractivity contribution in [1.82, 2.24) is 10.3 Å². The van der Waals surface area contributed by atoms with Gasteiger partial charge in [0.2, 0.25) is 5.91 Å². The largest absolute Gasteiger partial charge is 0.459 e. The third kappa shape index (κ3) is 3.74. The van der Waals surface area contributed by atoms with Crippen LogP contribution in [0.25, 0.3) is 10.9 Å². The van der Waals surface area contributed by atoms with Crippen LogP contribution in [-0.4, -0.2) is 23.3 Å². The maximum absolute atomic E-state index is 11.9. The first-order valence-corrected chi connectivity index (χ1v) is 7.19. The molecule has 0 aliphatic rings. The van der Waals surface area contributed by atoms with Gasteiger partial charge >= 0.3 is 0 Å². The van der Waals surface area contributed by atoms with Gasteiger partial charge in [-0.1, -0.05) is 18.2 Å². The van der Waals surface area contributed by atoms with Gasteiger partial charge < -0.3 is 15.1 Å². The first kappa shape index (κ1) is 14.8. The second-order valence-electron chi connectivity index (χ2n) is 4.95. The minimum absolute atomic E-state index is 0.166. The molecule has 23 heavy (non-hydrogen) atoms. The van der Waals surface area contributed by atoms with Crippen molar-refractivity contribution in [3.8, 4) is 0 Å². The van der Waals surface area contributed by atoms with E-state index < -0.39 is 0 Å². The number of furan rings is 1. The van der Waals surface area contributed by atoms with Crippen LogP contribution in [0.4, 0.5) is 5.69 Å². The van der Waals surface area contributed by atoms with Crippen molar-refractivity contribution in [2.45, 2.75) is 6.42 Å². The first-order valence-electron chi connectivity index (χ1n) is 7.19. The van der Waals surface area contributed by atoms with Crippen LogP contribution in [0.3, 0.4) is 0 Å². The number of hydrogen-bond acceptors (Lipinski definition) is 4. The highest BCUT2D eigenvalue weighted by Crippen LogP contribution is 2.16. The fourth-order valence-electron chi connectivity index (χ4n) is 2.15. The molecule has 2 heterocycles. The number of pyridine rings is 1. The number of carbonyl (C=O) groups is 2. The summed E-state index contributed by atoms with van der Waals surface area (Å²) in [7, 11) is 0. The number of rotatable bonds is 5. The van der Waals surface area contributed by atoms with Gasteiger partial charge in [0, 0.05) is 18.4 Å². The van der Waals surface area contributed by atoms with E-state index in [9.17, 15) is 9.59 Å². The number of amides is 2. The molecule has 1 aromatic carbocycles. The lowest BCUT2D eigenvalue weighted by atomic mass is 10.2. The van der Waals surface area contributed by atoms with E-state index in [4.69, 9.17) is 4.42 Å². The number of carbonyl (C=O) groups excluding carboxylic acids is 2. The quantitative estimate of drug-likeness (QED) is 0.758. The summed E-state index contributed by atoms with van der Waals surface area (Å²) in [5, 5.41) is 6.34. The van der Waals surface area contributed by atoms with Gasteiger partial charge in [-0.15, -0.1) is 0 Å². The SMILES string of the molecule is O=C(CCNC(=O)c1ccco1)Nc1cnc2ccccc2c1. The van der Waals surface area contributed by atoms with Gasteiger partial charge in [-0.2, -0.15) is 0 Å². The highest BCUT2D eigenvalue weighted by Gasteiger charge is 2.09. The lowest BCUT2D eigenvalue weighted by Gasteiger charge is -2.06. The molecule has 116 valence electrons. The van der Waals surface area contributed by atoms with E-state index in [2.05, 4.69) is 15.6 Å². The van der Waals surface area contributed by atoms with Crippen LogP contribution in [0.15, 0.2) is 59.3 Å². The third-order valence-corrected chi connectivity index (χ3v) is 3.26. The predicted octanol–water partition coefficient (Wildman–Crippen LogP) is 2.59. The smallest absolute Gasteiger partial charge is 0.286 e. The van der Waals surface area contributed by atoms with E-state index >= 15 is 0 Å². The Morgan fingerprint density at radius 3 is 2.83 bits per heavy atom. The van der Waals surface area contributed by atoms with Crippen molar-refractivity contribution >= 4 is 28.4 Å². The summed E-state index contributed by atoms with van der Waals surface area (Å²) in [4.78, 5) is 27.8. The zero-order valence-corrected chi connectivity index (χ0v) is 12.3. The Hall–Kier alpha value is -3.15. The van der Waals surface area contributed by atoms with Gasteiger partial charge in [0.1, 0.15) is 0 Å². The Morgan fingerprint density at radius 2 is 2.00 bits per heavy atom. The lowest BCUT2D eigenvalue weighted by Crippen LogP contribution is -2.27. The Bertz CT molecular complexity index is 828. The van der Waals surface area contributed by atoms with Crippen LogP contribution in [-0.2, 0) is 4.79 Å². The molecule has 3 aromatic rings. The number of anilines is 1. The standard InChI is InChI=1S/C17H15N3O3/c21-16(7-8-18-17(22)15-6-3-9-23-15)20-13-10-12-4-1-2-5-14(12)19-11-13/h1-6,9-11H,7-8H2,(H,18,22)(H,20,21). The molecule has 0 fully saturated rings. The third-order valence-electron chi connectivity index (χ3n) is 3.26. The molecule has 0 saturated heterocycles. The molecule has 0 aliphatic carbocycles. The number of nitrogens with one attached hydrogen (secondary N) is 2. The lowest BCUT2D eigenvalue weighted by molar-refractivity contribution is -0.116. The molecule has 0 saturated carbocycles. The van der Waals surface area contributed by atoms with Crippen LogP contribution in [0, 0.1) is 0 Å². The van der Waals surface area contributed by atoms with Crippen LogP contribution >= 0.6 is 0 Å². The zero-order valence-electron chi connectivity index (χ0n) is 12.3. The van der Waals surface area contributed by atoms with E-state index in [0.29, 0.717) is 5.69 Å². The molecule has 6 heteroatoms. The Balaban J connectivity index is 1.51. The zero-order chi connectivity index (χ0) is 16.1. The topological polar surface area (TPSA) is 84.2 Å². The summed E-state index contributed by atoms with van der Waals surface area (Å²) in [5.74, 6) is -0.305. The van der Waals surface area contributed by atoms with E-state index in [1.54, 1.807) is 18.3 Å². The minimum atomic E-state index is -0.338. The van der Waals surface area contributed by atoms with E-state index in [1.807, 2.05) is 30.3 Å². The number of benzene rings is 1. The molecule has 0 aliphatic heterocycles. The van der Waals surface area contributed by atoms with Crippen molar-refractivity contribution in [3.05, 3.63) is 60.7 Å².